The van der Waals surface area contributed by atoms with Gasteiger partial charge in [0.2, 0.25) is 0 Å². The van der Waals surface area contributed by atoms with E-state index in [9.17, 15) is 0 Å². The average molecular weight is 214 g/mol. The van der Waals surface area contributed by atoms with Crippen LogP contribution in [-0.2, 0) is 6.42 Å². The number of hydrogen-bond acceptors (Lipinski definition) is 3. The Kier molecular flexibility index (Phi) is 2.79. The van der Waals surface area contributed by atoms with Gasteiger partial charge in [-0.15, -0.1) is 0 Å². The van der Waals surface area contributed by atoms with Gasteiger partial charge >= 0.3 is 0 Å². The molecule has 2 rings (SSSR count). The molecule has 0 aliphatic carbocycles. The van der Waals surface area contributed by atoms with Crippen molar-refractivity contribution in [2.24, 2.45) is 5.73 Å². The van der Waals surface area contributed by atoms with Crippen LogP contribution in [0.5, 0.6) is 11.5 Å². The van der Waals surface area contributed by atoms with E-state index in [1.807, 2.05) is 6.07 Å². The molecule has 0 atom stereocenters. The Morgan fingerprint density at radius 3 is 2.50 bits per heavy atom. The number of halogens is 1. The molecular formula is C10H12ClNO2. The first-order valence-electron chi connectivity index (χ1n) is 4.59. The lowest BCUT2D eigenvalue weighted by atomic mass is 10.1. The Labute approximate surface area is 87.8 Å². The van der Waals surface area contributed by atoms with E-state index >= 15 is 0 Å². The quantitative estimate of drug-likeness (QED) is 0.812. The molecule has 14 heavy (non-hydrogen) atoms. The average Bonchev–Trinajstić information content (AvgIpc) is 2.19. The van der Waals surface area contributed by atoms with Gasteiger partial charge in [0.05, 0.1) is 0 Å². The lowest BCUT2D eigenvalue weighted by molar-refractivity contribution is 0.171. The van der Waals surface area contributed by atoms with Crippen molar-refractivity contribution in [1.29, 1.82) is 0 Å². The topological polar surface area (TPSA) is 44.5 Å². The number of fused-ring (bicyclic) bond motifs is 1. The first-order valence-corrected chi connectivity index (χ1v) is 4.97. The van der Waals surface area contributed by atoms with E-state index in [2.05, 4.69) is 0 Å². The maximum atomic E-state index is 6.05. The second-order valence-corrected chi connectivity index (χ2v) is 3.53. The van der Waals surface area contributed by atoms with Crippen LogP contribution in [0.2, 0.25) is 5.02 Å². The number of ether oxygens (including phenoxy) is 2. The summed E-state index contributed by atoms with van der Waals surface area (Å²) in [6, 6.07) is 3.70. The first kappa shape index (κ1) is 9.62. The first-order chi connectivity index (χ1) is 6.81. The molecule has 1 aromatic rings. The third kappa shape index (κ3) is 1.79. The minimum atomic E-state index is 0.583. The van der Waals surface area contributed by atoms with Gasteiger partial charge in [-0.25, -0.2) is 0 Å². The molecule has 0 radical (unpaired) electrons. The van der Waals surface area contributed by atoms with E-state index < -0.39 is 0 Å². The van der Waals surface area contributed by atoms with Crippen LogP contribution < -0.4 is 15.2 Å². The summed E-state index contributed by atoms with van der Waals surface area (Å²) in [6.45, 7) is 1.76. The van der Waals surface area contributed by atoms with Gasteiger partial charge in [0.15, 0.2) is 11.5 Å². The van der Waals surface area contributed by atoms with E-state index in [4.69, 9.17) is 26.8 Å². The molecular weight excluding hydrogens is 202 g/mol. The van der Waals surface area contributed by atoms with Crippen LogP contribution in [0.25, 0.3) is 0 Å². The Hall–Kier alpha value is -0.930. The summed E-state index contributed by atoms with van der Waals surface area (Å²) < 4.78 is 10.8. The van der Waals surface area contributed by atoms with Gasteiger partial charge in [0.1, 0.15) is 13.2 Å². The highest BCUT2D eigenvalue weighted by atomic mass is 35.5. The highest BCUT2D eigenvalue weighted by Gasteiger charge is 2.14. The Balaban J connectivity index is 2.35. The van der Waals surface area contributed by atoms with E-state index in [1.54, 1.807) is 6.07 Å². The summed E-state index contributed by atoms with van der Waals surface area (Å²) in [4.78, 5) is 0. The Morgan fingerprint density at radius 2 is 1.86 bits per heavy atom. The molecule has 2 N–H and O–H groups in total. The number of rotatable bonds is 2. The van der Waals surface area contributed by atoms with Gasteiger partial charge in [-0.2, -0.15) is 0 Å². The van der Waals surface area contributed by atoms with Crippen LogP contribution in [0.1, 0.15) is 5.56 Å². The molecule has 0 saturated heterocycles. The Morgan fingerprint density at radius 1 is 1.21 bits per heavy atom. The normalized spacial score (nSPS) is 14.1. The summed E-state index contributed by atoms with van der Waals surface area (Å²) in [5, 5.41) is 0.694. The second kappa shape index (κ2) is 4.07. The Bertz CT molecular complexity index is 341. The summed E-state index contributed by atoms with van der Waals surface area (Å²) in [6.07, 6.45) is 0.759. The van der Waals surface area contributed by atoms with Crippen molar-refractivity contribution in [2.45, 2.75) is 6.42 Å². The van der Waals surface area contributed by atoms with E-state index in [1.165, 1.54) is 0 Å². The van der Waals surface area contributed by atoms with Crippen LogP contribution in [0.15, 0.2) is 12.1 Å². The molecule has 0 fully saturated rings. The van der Waals surface area contributed by atoms with Crippen molar-refractivity contribution in [3.8, 4) is 11.5 Å². The highest BCUT2D eigenvalue weighted by molar-refractivity contribution is 6.31. The molecule has 1 aliphatic heterocycles. The zero-order chi connectivity index (χ0) is 9.97. The molecule has 3 nitrogen and oxygen atoms in total. The minimum absolute atomic E-state index is 0.583. The summed E-state index contributed by atoms with van der Waals surface area (Å²) in [5.74, 6) is 1.49. The van der Waals surface area contributed by atoms with Gasteiger partial charge in [-0.3, -0.25) is 0 Å². The zero-order valence-corrected chi connectivity index (χ0v) is 8.51. The van der Waals surface area contributed by atoms with Crippen LogP contribution in [0.4, 0.5) is 0 Å². The van der Waals surface area contributed by atoms with E-state index in [-0.39, 0.29) is 0 Å². The minimum Gasteiger partial charge on any atom is -0.486 e. The van der Waals surface area contributed by atoms with E-state index in [0.29, 0.717) is 24.8 Å². The van der Waals surface area contributed by atoms with Crippen molar-refractivity contribution in [2.75, 3.05) is 19.8 Å². The summed E-state index contributed by atoms with van der Waals surface area (Å²) >= 11 is 6.05. The lowest BCUT2D eigenvalue weighted by Gasteiger charge is -2.19. The van der Waals surface area contributed by atoms with Crippen LogP contribution >= 0.6 is 11.6 Å². The number of hydrogen-bond donors (Lipinski definition) is 1. The van der Waals surface area contributed by atoms with Crippen molar-refractivity contribution in [3.63, 3.8) is 0 Å². The third-order valence-electron chi connectivity index (χ3n) is 2.12. The van der Waals surface area contributed by atoms with Crippen LogP contribution in [-0.4, -0.2) is 19.8 Å². The smallest absolute Gasteiger partial charge is 0.162 e. The molecule has 1 heterocycles. The second-order valence-electron chi connectivity index (χ2n) is 3.13. The van der Waals surface area contributed by atoms with Crippen molar-refractivity contribution in [1.82, 2.24) is 0 Å². The predicted octanol–water partition coefficient (Wildman–Crippen LogP) is 1.61. The molecule has 1 aliphatic rings. The van der Waals surface area contributed by atoms with Gasteiger partial charge in [-0.05, 0) is 24.6 Å². The van der Waals surface area contributed by atoms with Crippen LogP contribution in [0, 0.1) is 0 Å². The van der Waals surface area contributed by atoms with Gasteiger partial charge < -0.3 is 15.2 Å². The zero-order valence-electron chi connectivity index (χ0n) is 7.75. The van der Waals surface area contributed by atoms with Crippen molar-refractivity contribution in [3.05, 3.63) is 22.7 Å². The summed E-state index contributed by atoms with van der Waals surface area (Å²) in [7, 11) is 0. The molecule has 0 aromatic heterocycles. The molecule has 76 valence electrons. The lowest BCUT2D eigenvalue weighted by Crippen LogP contribution is -2.15. The largest absolute Gasteiger partial charge is 0.486 e. The molecule has 4 heteroatoms. The van der Waals surface area contributed by atoms with Gasteiger partial charge in [-0.1, -0.05) is 11.6 Å². The predicted molar refractivity (Wildman–Crippen MR) is 55.2 cm³/mol. The molecule has 0 saturated carbocycles. The summed E-state index contributed by atoms with van der Waals surface area (Å²) in [5.41, 5.74) is 6.49. The van der Waals surface area contributed by atoms with Gasteiger partial charge in [0, 0.05) is 11.1 Å². The molecule has 0 bridgehead atoms. The maximum Gasteiger partial charge on any atom is 0.162 e. The molecule has 1 aromatic carbocycles. The number of nitrogens with two attached hydrogens (primary N) is 1. The fourth-order valence-corrected chi connectivity index (χ4v) is 1.70. The van der Waals surface area contributed by atoms with Crippen molar-refractivity contribution >= 4 is 11.6 Å². The standard InChI is InChI=1S/C10H12ClNO2/c11-8-6-10-9(13-3-4-14-10)5-7(8)1-2-12/h5-6H,1-4,12H2. The SMILES string of the molecule is NCCc1cc2c(cc1Cl)OCCO2. The molecule has 0 spiro atoms. The van der Waals surface area contributed by atoms with E-state index in [0.717, 1.165) is 23.5 Å². The highest BCUT2D eigenvalue weighted by Crippen LogP contribution is 2.35. The maximum absolute atomic E-state index is 6.05. The fourth-order valence-electron chi connectivity index (χ4n) is 1.45. The number of benzene rings is 1. The third-order valence-corrected chi connectivity index (χ3v) is 2.48. The molecule has 0 unspecified atom stereocenters. The van der Waals surface area contributed by atoms with Crippen LogP contribution in [0.3, 0.4) is 0 Å². The fraction of sp³-hybridized carbons (Fsp3) is 0.400. The van der Waals surface area contributed by atoms with Crippen molar-refractivity contribution < 1.29 is 9.47 Å². The monoisotopic (exact) mass is 213 g/mol. The molecule has 0 amide bonds. The van der Waals surface area contributed by atoms with Gasteiger partial charge in [0.25, 0.3) is 0 Å².